The van der Waals surface area contributed by atoms with Crippen molar-refractivity contribution in [2.45, 2.75) is 18.6 Å². The van der Waals surface area contributed by atoms with E-state index in [1.54, 1.807) is 6.07 Å². The lowest BCUT2D eigenvalue weighted by Gasteiger charge is -2.19. The number of halogens is 1. The third kappa shape index (κ3) is 4.28. The molecule has 126 valence electrons. The molecule has 1 saturated heterocycles. The molecule has 0 bridgehead atoms. The van der Waals surface area contributed by atoms with Crippen molar-refractivity contribution in [1.82, 2.24) is 4.90 Å². The molecule has 6 nitrogen and oxygen atoms in total. The van der Waals surface area contributed by atoms with Crippen molar-refractivity contribution in [3.05, 3.63) is 35.6 Å². The summed E-state index contributed by atoms with van der Waals surface area (Å²) in [7, 11) is -3.57. The maximum atomic E-state index is 13.9. The fraction of sp³-hybridized carbons (Fsp3) is 0.467. The highest BCUT2D eigenvalue weighted by Gasteiger charge is 2.34. The molecule has 0 radical (unpaired) electrons. The van der Waals surface area contributed by atoms with Gasteiger partial charge in [0.05, 0.1) is 11.0 Å². The van der Waals surface area contributed by atoms with Gasteiger partial charge in [-0.3, -0.25) is 9.59 Å². The van der Waals surface area contributed by atoms with Gasteiger partial charge in [-0.05, 0) is 12.5 Å². The molecule has 0 unspecified atom stereocenters. The van der Waals surface area contributed by atoms with Gasteiger partial charge in [0.15, 0.2) is 16.4 Å². The second-order valence-electron chi connectivity index (χ2n) is 5.33. The number of benzene rings is 1. The first kappa shape index (κ1) is 17.4. The number of hydrogen-bond donors (Lipinski definition) is 0. The van der Waals surface area contributed by atoms with Crippen molar-refractivity contribution in [2.75, 3.05) is 25.4 Å². The highest BCUT2D eigenvalue weighted by molar-refractivity contribution is 7.91. The first-order chi connectivity index (χ1) is 10.8. The van der Waals surface area contributed by atoms with Gasteiger partial charge < -0.3 is 9.64 Å². The highest BCUT2D eigenvalue weighted by Crippen LogP contribution is 2.31. The maximum Gasteiger partial charge on any atom is 0.303 e. The predicted octanol–water partition coefficient (Wildman–Crippen LogP) is 1.08. The number of carbonyl (C=O) groups excluding carboxylic acids is 2. The Kier molecular flexibility index (Phi) is 5.35. The summed E-state index contributed by atoms with van der Waals surface area (Å²) in [5, 5.41) is -0.977. The molecule has 2 rings (SSSR count). The molecular weight excluding hydrogens is 325 g/mol. The predicted molar refractivity (Wildman–Crippen MR) is 80.8 cm³/mol. The van der Waals surface area contributed by atoms with Gasteiger partial charge in [0, 0.05) is 25.6 Å². The Bertz CT molecular complexity index is 704. The van der Waals surface area contributed by atoms with Crippen LogP contribution in [0.1, 0.15) is 24.2 Å². The van der Waals surface area contributed by atoms with Crippen molar-refractivity contribution in [2.24, 2.45) is 0 Å². The van der Waals surface area contributed by atoms with Crippen LogP contribution in [0.15, 0.2) is 24.3 Å². The first-order valence-corrected chi connectivity index (χ1v) is 8.90. The molecule has 23 heavy (non-hydrogen) atoms. The van der Waals surface area contributed by atoms with Crippen molar-refractivity contribution in [3.8, 4) is 0 Å². The summed E-state index contributed by atoms with van der Waals surface area (Å²) < 4.78 is 43.4. The molecule has 0 saturated carbocycles. The van der Waals surface area contributed by atoms with Crippen LogP contribution in [-0.4, -0.2) is 50.6 Å². The lowest BCUT2D eigenvalue weighted by molar-refractivity contribution is -0.150. The van der Waals surface area contributed by atoms with Gasteiger partial charge in [-0.2, -0.15) is 0 Å². The summed E-state index contributed by atoms with van der Waals surface area (Å²) in [6.45, 7) is 0.944. The molecule has 0 aliphatic carbocycles. The van der Waals surface area contributed by atoms with Gasteiger partial charge in [-0.25, -0.2) is 12.8 Å². The summed E-state index contributed by atoms with van der Waals surface area (Å²) in [5.74, 6) is -1.85. The molecule has 1 aliphatic rings. The standard InChI is InChI=1S/C15H18FNO5S/c1-11(18)22-10-15(19)17-7-6-14(23(20,21)9-8-17)12-4-2-3-5-13(12)16/h2-5,14H,6-10H2,1H3/t14-/m1/s1. The Morgan fingerprint density at radius 3 is 2.65 bits per heavy atom. The van der Waals surface area contributed by atoms with Crippen LogP contribution in [-0.2, 0) is 24.2 Å². The van der Waals surface area contributed by atoms with E-state index in [1.165, 1.54) is 30.0 Å². The van der Waals surface area contributed by atoms with Gasteiger partial charge in [0.1, 0.15) is 5.82 Å². The van der Waals surface area contributed by atoms with Crippen LogP contribution in [0, 0.1) is 5.82 Å². The number of carbonyl (C=O) groups is 2. The van der Waals surface area contributed by atoms with Crippen LogP contribution in [0.4, 0.5) is 4.39 Å². The van der Waals surface area contributed by atoms with Crippen LogP contribution in [0.3, 0.4) is 0 Å². The van der Waals surface area contributed by atoms with E-state index in [1.807, 2.05) is 0 Å². The van der Waals surface area contributed by atoms with Crippen molar-refractivity contribution >= 4 is 21.7 Å². The van der Waals surface area contributed by atoms with E-state index in [9.17, 15) is 22.4 Å². The van der Waals surface area contributed by atoms with Gasteiger partial charge in [-0.15, -0.1) is 0 Å². The number of sulfone groups is 1. The van der Waals surface area contributed by atoms with Gasteiger partial charge in [0.25, 0.3) is 5.91 Å². The van der Waals surface area contributed by atoms with Crippen molar-refractivity contribution < 1.29 is 27.1 Å². The Hall–Kier alpha value is -1.96. The van der Waals surface area contributed by atoms with Crippen molar-refractivity contribution in [1.29, 1.82) is 0 Å². The van der Waals surface area contributed by atoms with E-state index in [0.29, 0.717) is 0 Å². The molecule has 1 aliphatic heterocycles. The highest BCUT2D eigenvalue weighted by atomic mass is 32.2. The molecule has 1 heterocycles. The number of amides is 1. The van der Waals surface area contributed by atoms with E-state index in [2.05, 4.69) is 4.74 Å². The fourth-order valence-corrected chi connectivity index (χ4v) is 4.34. The normalized spacial score (nSPS) is 20.6. The third-order valence-electron chi connectivity index (χ3n) is 3.74. The minimum Gasteiger partial charge on any atom is -0.456 e. The van der Waals surface area contributed by atoms with E-state index < -0.39 is 39.4 Å². The van der Waals surface area contributed by atoms with E-state index in [0.717, 1.165) is 0 Å². The second-order valence-corrected chi connectivity index (χ2v) is 7.63. The SMILES string of the molecule is CC(=O)OCC(=O)N1CC[C@H](c2ccccc2F)S(=O)(=O)CC1. The van der Waals surface area contributed by atoms with Crippen LogP contribution < -0.4 is 0 Å². The van der Waals surface area contributed by atoms with Crippen LogP contribution >= 0.6 is 0 Å². The van der Waals surface area contributed by atoms with Gasteiger partial charge in [-0.1, -0.05) is 18.2 Å². The molecule has 0 aromatic heterocycles. The third-order valence-corrected chi connectivity index (χ3v) is 5.85. The van der Waals surface area contributed by atoms with Gasteiger partial charge in [0.2, 0.25) is 0 Å². The quantitative estimate of drug-likeness (QED) is 0.767. The lowest BCUT2D eigenvalue weighted by atomic mass is 10.1. The summed E-state index contributed by atoms with van der Waals surface area (Å²) >= 11 is 0. The minimum atomic E-state index is -3.57. The number of rotatable bonds is 3. The topological polar surface area (TPSA) is 80.8 Å². The molecule has 0 spiro atoms. The van der Waals surface area contributed by atoms with Crippen LogP contribution in [0.25, 0.3) is 0 Å². The smallest absolute Gasteiger partial charge is 0.303 e. The summed E-state index contributed by atoms with van der Waals surface area (Å²) in [6.07, 6.45) is 0.106. The molecule has 1 aromatic rings. The zero-order chi connectivity index (χ0) is 17.0. The molecule has 8 heteroatoms. The molecule has 1 amide bonds. The first-order valence-electron chi connectivity index (χ1n) is 7.18. The van der Waals surface area contributed by atoms with E-state index in [4.69, 9.17) is 0 Å². The Morgan fingerprint density at radius 1 is 1.30 bits per heavy atom. The zero-order valence-corrected chi connectivity index (χ0v) is 13.5. The largest absolute Gasteiger partial charge is 0.456 e. The Morgan fingerprint density at radius 2 is 2.00 bits per heavy atom. The molecule has 1 fully saturated rings. The second kappa shape index (κ2) is 7.08. The zero-order valence-electron chi connectivity index (χ0n) is 12.7. The van der Waals surface area contributed by atoms with E-state index in [-0.39, 0.29) is 30.8 Å². The van der Waals surface area contributed by atoms with Gasteiger partial charge >= 0.3 is 5.97 Å². The number of esters is 1. The molecular formula is C15H18FNO5S. The number of hydrogen-bond acceptors (Lipinski definition) is 5. The number of nitrogens with zero attached hydrogens (tertiary/aromatic N) is 1. The fourth-order valence-electron chi connectivity index (χ4n) is 2.53. The molecule has 1 aromatic carbocycles. The summed E-state index contributed by atoms with van der Waals surface area (Å²) in [6, 6.07) is 5.76. The van der Waals surface area contributed by atoms with Crippen LogP contribution in [0.5, 0.6) is 0 Å². The summed E-state index contributed by atoms with van der Waals surface area (Å²) in [4.78, 5) is 24.0. The van der Waals surface area contributed by atoms with E-state index >= 15 is 0 Å². The summed E-state index contributed by atoms with van der Waals surface area (Å²) in [5.41, 5.74) is 0.127. The molecule has 0 N–H and O–H groups in total. The Balaban J connectivity index is 2.15. The maximum absolute atomic E-state index is 13.9. The average molecular weight is 343 g/mol. The Labute approximate surface area is 134 Å². The van der Waals surface area contributed by atoms with Crippen molar-refractivity contribution in [3.63, 3.8) is 0 Å². The molecule has 1 atom stereocenters. The minimum absolute atomic E-state index is 0.00733. The van der Waals surface area contributed by atoms with Crippen LogP contribution in [0.2, 0.25) is 0 Å². The average Bonchev–Trinajstić information content (AvgIpc) is 2.64. The lowest BCUT2D eigenvalue weighted by Crippen LogP contribution is -2.36. The number of ether oxygens (including phenoxy) is 1. The monoisotopic (exact) mass is 343 g/mol.